The minimum Gasteiger partial charge on any atom is -0.456 e. The normalized spacial score (nSPS) is 12.8. The molecule has 0 atom stereocenters. The molecule has 4 nitrogen and oxygen atoms in total. The van der Waals surface area contributed by atoms with Gasteiger partial charge in [-0.05, 0) is 86.0 Å². The van der Waals surface area contributed by atoms with E-state index in [9.17, 15) is 0 Å². The summed E-state index contributed by atoms with van der Waals surface area (Å²) in [4.78, 5) is 16.2. The zero-order valence-corrected chi connectivity index (χ0v) is 38.0. The van der Waals surface area contributed by atoms with Crippen LogP contribution < -0.4 is 0 Å². The molecular formula is C64H39N3OS. The molecular weight excluding hydrogens is 859 g/mol. The van der Waals surface area contributed by atoms with Gasteiger partial charge in [-0.1, -0.05) is 206 Å². The molecule has 0 N–H and O–H groups in total. The number of benzene rings is 10. The van der Waals surface area contributed by atoms with Gasteiger partial charge in [-0.3, -0.25) is 0 Å². The lowest BCUT2D eigenvalue weighted by atomic mass is 9.67. The summed E-state index contributed by atoms with van der Waals surface area (Å²) in [5, 5.41) is 4.30. The van der Waals surface area contributed by atoms with Crippen molar-refractivity contribution in [3.05, 3.63) is 259 Å². The second-order valence-electron chi connectivity index (χ2n) is 17.7. The molecule has 1 aliphatic carbocycles. The van der Waals surface area contributed by atoms with Gasteiger partial charge in [-0.25, -0.2) is 15.0 Å². The van der Waals surface area contributed by atoms with Gasteiger partial charge in [0.05, 0.1) is 5.41 Å². The van der Waals surface area contributed by atoms with Crippen LogP contribution in [0.5, 0.6) is 0 Å². The van der Waals surface area contributed by atoms with Gasteiger partial charge in [-0.2, -0.15) is 0 Å². The zero-order chi connectivity index (χ0) is 45.5. The number of furan rings is 1. The quantitative estimate of drug-likeness (QED) is 0.160. The lowest BCUT2D eigenvalue weighted by Gasteiger charge is -2.34. The maximum atomic E-state index is 6.74. The lowest BCUT2D eigenvalue weighted by Crippen LogP contribution is -2.28. The molecule has 0 saturated heterocycles. The van der Waals surface area contributed by atoms with Crippen molar-refractivity contribution in [3.63, 3.8) is 0 Å². The van der Waals surface area contributed by atoms with Crippen LogP contribution in [0.25, 0.3) is 110 Å². The fraction of sp³-hybridized carbons (Fsp3) is 0.0156. The summed E-state index contributed by atoms with van der Waals surface area (Å²) in [7, 11) is 0. The van der Waals surface area contributed by atoms with Gasteiger partial charge in [0.25, 0.3) is 0 Å². The first kappa shape index (κ1) is 39.4. The predicted molar refractivity (Wildman–Crippen MR) is 284 cm³/mol. The number of aromatic nitrogens is 3. The minimum atomic E-state index is -0.503. The van der Waals surface area contributed by atoms with Gasteiger partial charge in [0, 0.05) is 47.6 Å². The second-order valence-corrected chi connectivity index (χ2v) is 18.8. The molecule has 1 aliphatic rings. The highest BCUT2D eigenvalue weighted by atomic mass is 32.1. The fourth-order valence-corrected chi connectivity index (χ4v) is 12.3. The lowest BCUT2D eigenvalue weighted by molar-refractivity contribution is 0.669. The van der Waals surface area contributed by atoms with Gasteiger partial charge in [0.2, 0.25) is 0 Å². The Morgan fingerprint density at radius 3 is 1.62 bits per heavy atom. The van der Waals surface area contributed by atoms with E-state index in [0.717, 1.165) is 60.7 Å². The van der Waals surface area contributed by atoms with Crippen molar-refractivity contribution in [2.24, 2.45) is 0 Å². The van der Waals surface area contributed by atoms with E-state index in [1.165, 1.54) is 53.7 Å². The first-order valence-electron chi connectivity index (χ1n) is 23.3. The molecule has 0 radical (unpaired) electrons. The Morgan fingerprint density at radius 2 is 0.870 bits per heavy atom. The number of rotatable bonds is 7. The molecule has 0 amide bonds. The highest BCUT2D eigenvalue weighted by molar-refractivity contribution is 7.25. The van der Waals surface area contributed by atoms with Crippen molar-refractivity contribution < 1.29 is 4.42 Å². The van der Waals surface area contributed by atoms with E-state index in [4.69, 9.17) is 19.4 Å². The Kier molecular flexibility index (Phi) is 8.95. The molecule has 322 valence electrons. The largest absolute Gasteiger partial charge is 0.456 e. The van der Waals surface area contributed by atoms with Gasteiger partial charge < -0.3 is 4.42 Å². The van der Waals surface area contributed by atoms with Crippen molar-refractivity contribution in [1.82, 2.24) is 15.0 Å². The summed E-state index contributed by atoms with van der Waals surface area (Å²) in [6.45, 7) is 0. The van der Waals surface area contributed by atoms with Gasteiger partial charge >= 0.3 is 0 Å². The third-order valence-electron chi connectivity index (χ3n) is 14.1. The molecule has 0 aliphatic heterocycles. The van der Waals surface area contributed by atoms with Crippen molar-refractivity contribution >= 4 is 53.4 Å². The summed E-state index contributed by atoms with van der Waals surface area (Å²) >= 11 is 1.79. The van der Waals surface area contributed by atoms with E-state index in [0.29, 0.717) is 17.5 Å². The molecule has 69 heavy (non-hydrogen) atoms. The molecule has 0 unspecified atom stereocenters. The van der Waals surface area contributed by atoms with E-state index >= 15 is 0 Å². The van der Waals surface area contributed by atoms with Crippen LogP contribution in [-0.2, 0) is 5.41 Å². The molecule has 0 bridgehead atoms. The molecule has 13 aromatic rings. The smallest absolute Gasteiger partial charge is 0.164 e. The van der Waals surface area contributed by atoms with Crippen LogP contribution in [0.1, 0.15) is 22.3 Å². The number of hydrogen-bond acceptors (Lipinski definition) is 5. The second kappa shape index (κ2) is 15.7. The van der Waals surface area contributed by atoms with Crippen LogP contribution in [0.3, 0.4) is 0 Å². The predicted octanol–water partition coefficient (Wildman–Crippen LogP) is 16.8. The molecule has 0 spiro atoms. The summed E-state index contributed by atoms with van der Waals surface area (Å²) in [5.74, 6) is 1.81. The zero-order valence-electron chi connectivity index (χ0n) is 37.2. The monoisotopic (exact) mass is 897 g/mol. The SMILES string of the molecule is c1ccc(-c2ccccc2-c2nc(-c3cccc4oc5ccc(-c6cccc7c6-c6ccccc6C7(c6ccccc6)c6ccccc6)cc5c34)nc(-c3cccc4sc5ccccc5c34)n2)cc1. The summed E-state index contributed by atoms with van der Waals surface area (Å²) in [6, 6.07) is 84.5. The van der Waals surface area contributed by atoms with Crippen LogP contribution in [0.2, 0.25) is 0 Å². The van der Waals surface area contributed by atoms with Crippen LogP contribution in [-0.4, -0.2) is 15.0 Å². The Balaban J connectivity index is 1.01. The van der Waals surface area contributed by atoms with Crippen LogP contribution in [0.4, 0.5) is 0 Å². The van der Waals surface area contributed by atoms with Crippen LogP contribution >= 0.6 is 11.3 Å². The molecule has 14 rings (SSSR count). The molecule has 10 aromatic carbocycles. The van der Waals surface area contributed by atoms with E-state index in [1.54, 1.807) is 11.3 Å². The van der Waals surface area contributed by atoms with Crippen molar-refractivity contribution in [2.45, 2.75) is 5.41 Å². The highest BCUT2D eigenvalue weighted by Crippen LogP contribution is 2.58. The fourth-order valence-electron chi connectivity index (χ4n) is 11.2. The minimum absolute atomic E-state index is 0.503. The van der Waals surface area contributed by atoms with E-state index < -0.39 is 5.41 Å². The van der Waals surface area contributed by atoms with Crippen molar-refractivity contribution in [2.75, 3.05) is 0 Å². The van der Waals surface area contributed by atoms with Crippen molar-refractivity contribution in [1.29, 1.82) is 0 Å². The molecule has 0 fully saturated rings. The standard InChI is InChI=1S/C64H39N3OS/c1-4-19-40(20-5-1)44-25-10-11-26-46(44)61-65-62(67-63(66-61)50-31-18-36-57-60(50)48-28-13-15-35-56(48)69-57)49-30-17-34-55-59(49)51-39-41(37-38-54(51)68-55)45-29-16-33-53-58(45)47-27-12-14-32-52(47)64(53,42-21-6-2-7-22-42)43-23-8-3-9-24-43/h1-39H. The van der Waals surface area contributed by atoms with Gasteiger partial charge in [-0.15, -0.1) is 11.3 Å². The van der Waals surface area contributed by atoms with Crippen LogP contribution in [0.15, 0.2) is 241 Å². The summed E-state index contributed by atoms with van der Waals surface area (Å²) in [5.41, 5.74) is 15.8. The summed E-state index contributed by atoms with van der Waals surface area (Å²) < 4.78 is 9.16. The van der Waals surface area contributed by atoms with E-state index in [-0.39, 0.29) is 0 Å². The molecule has 3 aromatic heterocycles. The third kappa shape index (κ3) is 6.04. The van der Waals surface area contributed by atoms with E-state index in [2.05, 4.69) is 224 Å². The Hall–Kier alpha value is -8.77. The average Bonchev–Trinajstić information content (AvgIpc) is 4.10. The van der Waals surface area contributed by atoms with Crippen LogP contribution in [0, 0.1) is 0 Å². The number of thiophene rings is 1. The first-order valence-corrected chi connectivity index (χ1v) is 24.2. The van der Waals surface area contributed by atoms with Gasteiger partial charge in [0.1, 0.15) is 11.2 Å². The Morgan fingerprint density at radius 1 is 0.333 bits per heavy atom. The Labute approximate surface area is 402 Å². The summed E-state index contributed by atoms with van der Waals surface area (Å²) in [6.07, 6.45) is 0. The topological polar surface area (TPSA) is 51.8 Å². The number of nitrogens with zero attached hydrogens (tertiary/aromatic N) is 3. The maximum absolute atomic E-state index is 6.74. The highest BCUT2D eigenvalue weighted by Gasteiger charge is 2.46. The van der Waals surface area contributed by atoms with Gasteiger partial charge in [0.15, 0.2) is 17.5 Å². The first-order chi connectivity index (χ1) is 34.2. The third-order valence-corrected chi connectivity index (χ3v) is 15.2. The number of fused-ring (bicyclic) bond motifs is 9. The Bertz CT molecular complexity index is 4100. The van der Waals surface area contributed by atoms with E-state index in [1.807, 2.05) is 12.1 Å². The van der Waals surface area contributed by atoms with Crippen molar-refractivity contribution in [3.8, 4) is 67.5 Å². The maximum Gasteiger partial charge on any atom is 0.164 e. The average molecular weight is 898 g/mol. The number of hydrogen-bond donors (Lipinski definition) is 0. The molecule has 3 heterocycles. The molecule has 5 heteroatoms. The molecule has 0 saturated carbocycles.